The third-order valence-corrected chi connectivity index (χ3v) is 4.07. The van der Waals surface area contributed by atoms with Crippen molar-refractivity contribution in [3.63, 3.8) is 0 Å². The number of rotatable bonds is 5. The molecular formula is C15H19NO3. The third-order valence-electron chi connectivity index (χ3n) is 4.07. The van der Waals surface area contributed by atoms with E-state index in [0.29, 0.717) is 6.54 Å². The average molecular weight is 261 g/mol. The highest BCUT2D eigenvalue weighted by Crippen LogP contribution is 2.45. The number of aliphatic carboxylic acids is 1. The summed E-state index contributed by atoms with van der Waals surface area (Å²) < 4.78 is 5.58. The first-order chi connectivity index (χ1) is 9.20. The van der Waals surface area contributed by atoms with Gasteiger partial charge in [-0.15, -0.1) is 0 Å². The van der Waals surface area contributed by atoms with Crippen LogP contribution in [0.3, 0.4) is 0 Å². The maximum atomic E-state index is 11.1. The minimum Gasteiger partial charge on any atom is -0.493 e. The van der Waals surface area contributed by atoms with Crippen LogP contribution in [0.5, 0.6) is 5.75 Å². The van der Waals surface area contributed by atoms with E-state index in [9.17, 15) is 4.79 Å². The van der Waals surface area contributed by atoms with Gasteiger partial charge in [0.1, 0.15) is 5.75 Å². The van der Waals surface area contributed by atoms with Crippen molar-refractivity contribution in [1.29, 1.82) is 0 Å². The number of ether oxygens (including phenoxy) is 1. The van der Waals surface area contributed by atoms with E-state index in [1.54, 1.807) is 0 Å². The van der Waals surface area contributed by atoms with Crippen molar-refractivity contribution in [2.75, 3.05) is 13.2 Å². The summed E-state index contributed by atoms with van der Waals surface area (Å²) in [5.74, 6) is 0.332. The molecule has 0 amide bonds. The summed E-state index contributed by atoms with van der Waals surface area (Å²) in [5.41, 5.74) is 1.98. The summed E-state index contributed by atoms with van der Waals surface area (Å²) in [7, 11) is 0. The van der Waals surface area contributed by atoms with Gasteiger partial charge in [-0.3, -0.25) is 4.79 Å². The molecule has 1 aromatic rings. The van der Waals surface area contributed by atoms with Gasteiger partial charge < -0.3 is 15.2 Å². The lowest BCUT2D eigenvalue weighted by Crippen LogP contribution is -2.29. The zero-order valence-corrected chi connectivity index (χ0v) is 10.9. The SMILES string of the molecule is O=C(O)C1(CNCc2ccc3c(c2)CCCO3)CC1. The molecule has 0 bridgehead atoms. The highest BCUT2D eigenvalue weighted by molar-refractivity contribution is 5.78. The van der Waals surface area contributed by atoms with E-state index in [4.69, 9.17) is 9.84 Å². The smallest absolute Gasteiger partial charge is 0.310 e. The number of carboxylic acids is 1. The number of carboxylic acid groups (broad SMARTS) is 1. The first kappa shape index (κ1) is 12.5. The standard InChI is InChI=1S/C15H19NO3/c17-14(18)15(5-6-15)10-16-9-11-3-4-13-12(8-11)2-1-7-19-13/h3-4,8,16H,1-2,5-7,9-10H2,(H,17,18). The second-order valence-electron chi connectivity index (χ2n) is 5.58. The van der Waals surface area contributed by atoms with Crippen molar-refractivity contribution in [2.45, 2.75) is 32.2 Å². The Morgan fingerprint density at radius 3 is 3.00 bits per heavy atom. The van der Waals surface area contributed by atoms with Crippen LogP contribution in [0.2, 0.25) is 0 Å². The molecule has 1 saturated carbocycles. The Hall–Kier alpha value is -1.55. The second-order valence-corrected chi connectivity index (χ2v) is 5.58. The molecule has 0 aromatic heterocycles. The van der Waals surface area contributed by atoms with E-state index < -0.39 is 11.4 Å². The van der Waals surface area contributed by atoms with Gasteiger partial charge in [0.15, 0.2) is 0 Å². The summed E-state index contributed by atoms with van der Waals surface area (Å²) in [6.45, 7) is 2.10. The van der Waals surface area contributed by atoms with Gasteiger partial charge in [0.25, 0.3) is 0 Å². The summed E-state index contributed by atoms with van der Waals surface area (Å²) in [4.78, 5) is 11.1. The number of carbonyl (C=O) groups is 1. The molecule has 0 unspecified atom stereocenters. The summed E-state index contributed by atoms with van der Waals surface area (Å²) >= 11 is 0. The van der Waals surface area contributed by atoms with Gasteiger partial charge in [0.05, 0.1) is 12.0 Å². The number of hydrogen-bond donors (Lipinski definition) is 2. The first-order valence-corrected chi connectivity index (χ1v) is 6.88. The average Bonchev–Trinajstić information content (AvgIpc) is 3.20. The molecule has 2 aliphatic rings. The molecule has 0 atom stereocenters. The largest absolute Gasteiger partial charge is 0.493 e. The molecule has 3 rings (SSSR count). The Labute approximate surface area is 112 Å². The number of benzene rings is 1. The first-order valence-electron chi connectivity index (χ1n) is 6.88. The van der Waals surface area contributed by atoms with Crippen LogP contribution in [0.15, 0.2) is 18.2 Å². The van der Waals surface area contributed by atoms with Crippen molar-refractivity contribution in [2.24, 2.45) is 5.41 Å². The van der Waals surface area contributed by atoms with E-state index in [2.05, 4.69) is 17.4 Å². The van der Waals surface area contributed by atoms with Gasteiger partial charge in [0, 0.05) is 13.1 Å². The van der Waals surface area contributed by atoms with Gasteiger partial charge in [-0.25, -0.2) is 0 Å². The van der Waals surface area contributed by atoms with Crippen molar-refractivity contribution in [3.05, 3.63) is 29.3 Å². The lowest BCUT2D eigenvalue weighted by Gasteiger charge is -2.18. The van der Waals surface area contributed by atoms with Crippen LogP contribution in [0.1, 0.15) is 30.4 Å². The number of hydrogen-bond acceptors (Lipinski definition) is 3. The van der Waals surface area contributed by atoms with E-state index >= 15 is 0 Å². The molecule has 19 heavy (non-hydrogen) atoms. The maximum absolute atomic E-state index is 11.1. The van der Waals surface area contributed by atoms with Gasteiger partial charge in [-0.05, 0) is 42.9 Å². The van der Waals surface area contributed by atoms with Crippen molar-refractivity contribution in [3.8, 4) is 5.75 Å². The molecule has 1 fully saturated rings. The van der Waals surface area contributed by atoms with E-state index in [-0.39, 0.29) is 0 Å². The predicted octanol–water partition coefficient (Wildman–Crippen LogP) is 1.97. The quantitative estimate of drug-likeness (QED) is 0.850. The van der Waals surface area contributed by atoms with Crippen LogP contribution in [0, 0.1) is 5.41 Å². The monoisotopic (exact) mass is 261 g/mol. The van der Waals surface area contributed by atoms with Gasteiger partial charge in [-0.1, -0.05) is 12.1 Å². The van der Waals surface area contributed by atoms with E-state index in [1.807, 2.05) is 6.07 Å². The van der Waals surface area contributed by atoms with E-state index in [0.717, 1.165) is 44.6 Å². The molecule has 1 aromatic carbocycles. The van der Waals surface area contributed by atoms with Crippen LogP contribution in [-0.2, 0) is 17.8 Å². The molecule has 1 aliphatic carbocycles. The zero-order chi connectivity index (χ0) is 13.3. The second kappa shape index (κ2) is 4.85. The Morgan fingerprint density at radius 1 is 1.42 bits per heavy atom. The third kappa shape index (κ3) is 2.59. The molecule has 1 heterocycles. The topological polar surface area (TPSA) is 58.6 Å². The van der Waals surface area contributed by atoms with Crippen molar-refractivity contribution in [1.82, 2.24) is 5.32 Å². The predicted molar refractivity (Wildman–Crippen MR) is 71.3 cm³/mol. The highest BCUT2D eigenvalue weighted by Gasteiger charge is 2.49. The fraction of sp³-hybridized carbons (Fsp3) is 0.533. The number of fused-ring (bicyclic) bond motifs is 1. The lowest BCUT2D eigenvalue weighted by molar-refractivity contribution is -0.143. The van der Waals surface area contributed by atoms with Crippen molar-refractivity contribution < 1.29 is 14.6 Å². The molecular weight excluding hydrogens is 242 g/mol. The lowest BCUT2D eigenvalue weighted by atomic mass is 10.0. The Balaban J connectivity index is 1.57. The molecule has 0 radical (unpaired) electrons. The normalized spacial score (nSPS) is 19.4. The van der Waals surface area contributed by atoms with Crippen LogP contribution >= 0.6 is 0 Å². The summed E-state index contributed by atoms with van der Waals surface area (Å²) in [6, 6.07) is 6.24. The molecule has 4 nitrogen and oxygen atoms in total. The molecule has 1 aliphatic heterocycles. The van der Waals surface area contributed by atoms with Crippen LogP contribution in [0.4, 0.5) is 0 Å². The highest BCUT2D eigenvalue weighted by atomic mass is 16.5. The van der Waals surface area contributed by atoms with Gasteiger partial charge in [0.2, 0.25) is 0 Å². The van der Waals surface area contributed by atoms with E-state index in [1.165, 1.54) is 11.1 Å². The van der Waals surface area contributed by atoms with Crippen molar-refractivity contribution >= 4 is 5.97 Å². The molecule has 0 saturated heterocycles. The van der Waals surface area contributed by atoms with Gasteiger partial charge in [-0.2, -0.15) is 0 Å². The molecule has 0 spiro atoms. The Bertz CT molecular complexity index is 494. The minimum atomic E-state index is -0.668. The fourth-order valence-corrected chi connectivity index (χ4v) is 2.59. The number of aryl methyl sites for hydroxylation is 1. The molecule has 2 N–H and O–H groups in total. The van der Waals surface area contributed by atoms with Crippen LogP contribution < -0.4 is 10.1 Å². The zero-order valence-electron chi connectivity index (χ0n) is 10.9. The minimum absolute atomic E-state index is 0.489. The maximum Gasteiger partial charge on any atom is 0.310 e. The summed E-state index contributed by atoms with van der Waals surface area (Å²) in [5, 5.41) is 12.4. The Kier molecular flexibility index (Phi) is 3.19. The Morgan fingerprint density at radius 2 is 2.26 bits per heavy atom. The van der Waals surface area contributed by atoms with Crippen LogP contribution in [0.25, 0.3) is 0 Å². The molecule has 102 valence electrons. The fourth-order valence-electron chi connectivity index (χ4n) is 2.59. The summed E-state index contributed by atoms with van der Waals surface area (Å²) in [6.07, 6.45) is 3.75. The van der Waals surface area contributed by atoms with Crippen LogP contribution in [-0.4, -0.2) is 24.2 Å². The van der Waals surface area contributed by atoms with Gasteiger partial charge >= 0.3 is 5.97 Å². The molecule has 4 heteroatoms. The number of nitrogens with one attached hydrogen (secondary N) is 1.